The van der Waals surface area contributed by atoms with Crippen molar-refractivity contribution in [3.8, 4) is 34.0 Å². The van der Waals surface area contributed by atoms with E-state index < -0.39 is 0 Å². The Morgan fingerprint density at radius 1 is 0.808 bits per heavy atom. The zero-order valence-corrected chi connectivity index (χ0v) is 33.3. The molecule has 2 saturated heterocycles. The average molecular weight is 843 g/mol. The van der Waals surface area contributed by atoms with Gasteiger partial charge in [-0.05, 0) is 107 Å². The Labute approximate surface area is 323 Å². The highest BCUT2D eigenvalue weighted by atomic mass is 79.9. The third kappa shape index (κ3) is 9.95. The molecule has 1 amide bonds. The fourth-order valence-corrected chi connectivity index (χ4v) is 8.16. The van der Waals surface area contributed by atoms with Crippen LogP contribution in [0.4, 0.5) is 11.4 Å². The molecule has 4 aromatic rings. The smallest absolute Gasteiger partial charge is 0.227 e. The van der Waals surface area contributed by atoms with Crippen LogP contribution in [0.1, 0.15) is 38.5 Å². The number of benzene rings is 2. The van der Waals surface area contributed by atoms with E-state index in [1.807, 2.05) is 59.9 Å². The van der Waals surface area contributed by atoms with Gasteiger partial charge in [0.25, 0.3) is 0 Å². The third-order valence-corrected chi connectivity index (χ3v) is 11.1. The van der Waals surface area contributed by atoms with Crippen molar-refractivity contribution in [1.29, 1.82) is 0 Å². The van der Waals surface area contributed by atoms with E-state index in [2.05, 4.69) is 57.2 Å². The zero-order chi connectivity index (χ0) is 36.5. The molecule has 3 N–H and O–H groups in total. The van der Waals surface area contributed by atoms with Gasteiger partial charge in [0, 0.05) is 68.7 Å². The molecule has 280 valence electrons. The fourth-order valence-electron chi connectivity index (χ4n) is 7.04. The number of carbonyl (C=O) groups is 1. The summed E-state index contributed by atoms with van der Waals surface area (Å²) in [7, 11) is 3.82. The summed E-state index contributed by atoms with van der Waals surface area (Å²) in [6.45, 7) is 8.92. The number of carbonyl (C=O) groups excluding carboxylic acids is 1. The summed E-state index contributed by atoms with van der Waals surface area (Å²) in [5.41, 5.74) is 11.2. The van der Waals surface area contributed by atoms with Gasteiger partial charge >= 0.3 is 0 Å². The third-order valence-electron chi connectivity index (χ3n) is 9.91. The highest BCUT2D eigenvalue weighted by Crippen LogP contribution is 2.38. The fraction of sp³-hybridized carbons (Fsp3) is 0.500. The standard InChI is InChI=1S/C22H29BrN4O3.C16H21BrN4O/c1-26-21(19(23)15-24-26)18-14-17(25-22(28)16-4-2-3-5-16)6-7-20(18)30-13-10-27-8-11-29-12-9-27;1-20-16(14(17)11-19-20)13-10-12(18)4-5-15(13)22-9-8-21-6-2-3-7-21/h6-7,14-16H,2-5,8-13H2,1H3,(H,25,28);4-5,10-11H,2-3,6-9,18H2,1H3. The molecule has 0 radical (unpaired) electrons. The van der Waals surface area contributed by atoms with Crippen LogP contribution in [0.5, 0.6) is 11.5 Å². The number of nitrogen functional groups attached to an aromatic ring is 1. The van der Waals surface area contributed by atoms with Gasteiger partial charge in [0.15, 0.2) is 0 Å². The van der Waals surface area contributed by atoms with Gasteiger partial charge in [-0.15, -0.1) is 0 Å². The molecule has 2 aliphatic heterocycles. The van der Waals surface area contributed by atoms with Crippen LogP contribution >= 0.6 is 31.9 Å². The number of halogens is 2. The molecule has 14 heteroatoms. The zero-order valence-electron chi connectivity index (χ0n) is 30.2. The monoisotopic (exact) mass is 840 g/mol. The van der Waals surface area contributed by atoms with Crippen LogP contribution in [-0.4, -0.2) is 101 Å². The Kier molecular flexibility index (Phi) is 13.7. The lowest BCUT2D eigenvalue weighted by Gasteiger charge is -2.26. The molecule has 52 heavy (non-hydrogen) atoms. The number of aromatic nitrogens is 4. The number of hydrogen-bond acceptors (Lipinski definition) is 9. The minimum absolute atomic E-state index is 0.114. The second kappa shape index (κ2) is 18.6. The second-order valence-corrected chi connectivity index (χ2v) is 15.3. The van der Waals surface area contributed by atoms with Crippen molar-refractivity contribution in [2.75, 3.05) is 76.7 Å². The molecule has 12 nitrogen and oxygen atoms in total. The Bertz CT molecular complexity index is 1740. The van der Waals surface area contributed by atoms with E-state index in [4.69, 9.17) is 19.9 Å². The summed E-state index contributed by atoms with van der Waals surface area (Å²) >= 11 is 7.15. The first kappa shape index (κ1) is 38.3. The van der Waals surface area contributed by atoms with Gasteiger partial charge in [0.05, 0.1) is 45.9 Å². The number of hydrogen-bond donors (Lipinski definition) is 2. The molecule has 2 aromatic carbocycles. The van der Waals surface area contributed by atoms with Gasteiger partial charge in [-0.25, -0.2) is 0 Å². The molecular formula is C38H50Br2N8O4. The molecule has 1 saturated carbocycles. The summed E-state index contributed by atoms with van der Waals surface area (Å²) in [4.78, 5) is 17.4. The maximum Gasteiger partial charge on any atom is 0.227 e. The lowest BCUT2D eigenvalue weighted by atomic mass is 10.1. The largest absolute Gasteiger partial charge is 0.492 e. The Hall–Kier alpha value is -3.43. The van der Waals surface area contributed by atoms with Crippen LogP contribution < -0.4 is 20.5 Å². The Morgan fingerprint density at radius 3 is 1.90 bits per heavy atom. The topological polar surface area (TPSA) is 125 Å². The van der Waals surface area contributed by atoms with E-state index in [-0.39, 0.29) is 11.8 Å². The quantitative estimate of drug-likeness (QED) is 0.152. The number of likely N-dealkylation sites (tertiary alicyclic amines) is 1. The molecule has 1 aliphatic carbocycles. The number of anilines is 2. The number of nitrogens with zero attached hydrogens (tertiary/aromatic N) is 6. The van der Waals surface area contributed by atoms with E-state index in [1.165, 1.54) is 25.9 Å². The molecular weight excluding hydrogens is 792 g/mol. The van der Waals surface area contributed by atoms with Crippen LogP contribution in [-0.2, 0) is 23.6 Å². The van der Waals surface area contributed by atoms with E-state index in [9.17, 15) is 4.79 Å². The minimum Gasteiger partial charge on any atom is -0.492 e. The number of rotatable bonds is 12. The maximum atomic E-state index is 12.6. The molecule has 3 fully saturated rings. The van der Waals surface area contributed by atoms with Crippen molar-refractivity contribution < 1.29 is 19.0 Å². The lowest BCUT2D eigenvalue weighted by Crippen LogP contribution is -2.38. The number of aryl methyl sites for hydroxylation is 2. The van der Waals surface area contributed by atoms with Gasteiger partial charge < -0.3 is 25.3 Å². The van der Waals surface area contributed by atoms with Gasteiger partial charge in [-0.1, -0.05) is 12.8 Å². The maximum absolute atomic E-state index is 12.6. The normalized spacial score (nSPS) is 16.8. The van der Waals surface area contributed by atoms with E-state index in [0.29, 0.717) is 13.2 Å². The van der Waals surface area contributed by atoms with Gasteiger partial charge in [-0.2, -0.15) is 10.2 Å². The van der Waals surface area contributed by atoms with Crippen LogP contribution in [0.15, 0.2) is 57.7 Å². The van der Waals surface area contributed by atoms with Crippen LogP contribution in [0.2, 0.25) is 0 Å². The van der Waals surface area contributed by atoms with Crippen molar-refractivity contribution >= 4 is 49.1 Å². The highest BCUT2D eigenvalue weighted by Gasteiger charge is 2.24. The first-order chi connectivity index (χ1) is 25.3. The van der Waals surface area contributed by atoms with Gasteiger partial charge in [0.1, 0.15) is 24.7 Å². The van der Waals surface area contributed by atoms with Crippen molar-refractivity contribution in [1.82, 2.24) is 29.4 Å². The summed E-state index contributed by atoms with van der Waals surface area (Å²) < 4.78 is 23.1. The second-order valence-electron chi connectivity index (χ2n) is 13.6. The Balaban J connectivity index is 0.000000187. The SMILES string of the molecule is Cn1ncc(Br)c1-c1cc(N)ccc1OCCN1CCCC1.Cn1ncc(Br)c1-c1cc(NC(=O)C2CCCC2)ccc1OCCN1CCOCC1. The summed E-state index contributed by atoms with van der Waals surface area (Å²) in [5.74, 6) is 1.87. The molecule has 0 atom stereocenters. The molecule has 0 bridgehead atoms. The van der Waals surface area contributed by atoms with E-state index in [1.54, 1.807) is 12.4 Å². The van der Waals surface area contributed by atoms with Gasteiger partial charge in [-0.3, -0.25) is 24.0 Å². The molecule has 4 heterocycles. The molecule has 7 rings (SSSR count). The molecule has 0 spiro atoms. The van der Waals surface area contributed by atoms with Crippen molar-refractivity contribution in [2.45, 2.75) is 38.5 Å². The highest BCUT2D eigenvalue weighted by molar-refractivity contribution is 9.11. The summed E-state index contributed by atoms with van der Waals surface area (Å²) in [6, 6.07) is 11.6. The predicted molar refractivity (Wildman–Crippen MR) is 212 cm³/mol. The summed E-state index contributed by atoms with van der Waals surface area (Å²) in [5, 5.41) is 11.7. The number of amides is 1. The average Bonchev–Trinajstić information content (AvgIpc) is 3.97. The van der Waals surface area contributed by atoms with Crippen LogP contribution in [0.25, 0.3) is 22.5 Å². The molecule has 2 aromatic heterocycles. The first-order valence-corrected chi connectivity index (χ1v) is 19.8. The summed E-state index contributed by atoms with van der Waals surface area (Å²) in [6.07, 6.45) is 10.4. The van der Waals surface area contributed by atoms with Gasteiger partial charge in [0.2, 0.25) is 5.91 Å². The number of nitrogens with one attached hydrogen (secondary N) is 1. The molecule has 3 aliphatic rings. The van der Waals surface area contributed by atoms with Crippen molar-refractivity contribution in [2.24, 2.45) is 20.0 Å². The van der Waals surface area contributed by atoms with E-state index in [0.717, 1.165) is 119 Å². The number of nitrogens with two attached hydrogens (primary N) is 1. The Morgan fingerprint density at radius 2 is 1.35 bits per heavy atom. The first-order valence-electron chi connectivity index (χ1n) is 18.2. The number of morpholine rings is 1. The van der Waals surface area contributed by atoms with Crippen LogP contribution in [0.3, 0.4) is 0 Å². The van der Waals surface area contributed by atoms with Crippen molar-refractivity contribution in [3.05, 3.63) is 57.7 Å². The van der Waals surface area contributed by atoms with Crippen molar-refractivity contribution in [3.63, 3.8) is 0 Å². The predicted octanol–water partition coefficient (Wildman–Crippen LogP) is 6.60. The molecule has 0 unspecified atom stereocenters. The lowest BCUT2D eigenvalue weighted by molar-refractivity contribution is -0.119. The van der Waals surface area contributed by atoms with E-state index >= 15 is 0 Å². The number of ether oxygens (including phenoxy) is 3. The van der Waals surface area contributed by atoms with Crippen LogP contribution in [0, 0.1) is 5.92 Å². The minimum atomic E-state index is 0.114.